The van der Waals surface area contributed by atoms with Crippen molar-refractivity contribution in [2.24, 2.45) is 4.99 Å². The zero-order valence-corrected chi connectivity index (χ0v) is 18.5. The molecule has 0 aliphatic rings. The maximum atomic E-state index is 10.0. The minimum atomic E-state index is 0.00243. The second kappa shape index (κ2) is 12.3. The van der Waals surface area contributed by atoms with Gasteiger partial charge in [-0.05, 0) is 58.7 Å². The van der Waals surface area contributed by atoms with Crippen LogP contribution in [0.4, 0.5) is 0 Å². The van der Waals surface area contributed by atoms with E-state index in [0.29, 0.717) is 30.1 Å². The van der Waals surface area contributed by atoms with Crippen molar-refractivity contribution in [3.8, 4) is 17.2 Å². The molecule has 0 aromatic heterocycles. The first-order valence-electron chi connectivity index (χ1n) is 10.1. The summed E-state index contributed by atoms with van der Waals surface area (Å²) in [6.07, 6.45) is 1.04. The van der Waals surface area contributed by atoms with Crippen LogP contribution in [0.2, 0.25) is 0 Å². The average molecular weight is 395 g/mol. The van der Waals surface area contributed by atoms with E-state index in [-0.39, 0.29) is 5.75 Å². The third-order valence-corrected chi connectivity index (χ3v) is 4.52. The minimum Gasteiger partial charge on any atom is -0.502 e. The van der Waals surface area contributed by atoms with Crippen LogP contribution in [-0.4, -0.2) is 61.9 Å². The van der Waals surface area contributed by atoms with Gasteiger partial charge in [-0.3, -0.25) is 4.90 Å². The molecule has 0 unspecified atom stereocenters. The lowest BCUT2D eigenvalue weighted by Crippen LogP contribution is -2.41. The van der Waals surface area contributed by atoms with Gasteiger partial charge in [0.1, 0.15) is 0 Å². The molecule has 0 saturated heterocycles. The van der Waals surface area contributed by atoms with Crippen molar-refractivity contribution in [3.05, 3.63) is 17.7 Å². The number of guanidine groups is 1. The highest BCUT2D eigenvalue weighted by molar-refractivity contribution is 5.79. The molecule has 7 heteroatoms. The third-order valence-electron chi connectivity index (χ3n) is 4.52. The van der Waals surface area contributed by atoms with Crippen molar-refractivity contribution in [2.45, 2.75) is 59.7 Å². The number of phenols is 1. The molecule has 1 rings (SSSR count). The van der Waals surface area contributed by atoms with Gasteiger partial charge in [0.05, 0.1) is 20.8 Å². The molecule has 0 heterocycles. The third kappa shape index (κ3) is 7.46. The Labute approximate surface area is 170 Å². The fourth-order valence-electron chi connectivity index (χ4n) is 3.13. The Hall–Kier alpha value is -2.15. The minimum absolute atomic E-state index is 0.00243. The quantitative estimate of drug-likeness (QED) is 0.304. The van der Waals surface area contributed by atoms with Crippen molar-refractivity contribution >= 4 is 5.96 Å². The summed E-state index contributed by atoms with van der Waals surface area (Å²) in [7, 11) is 3.04. The highest BCUT2D eigenvalue weighted by atomic mass is 16.5. The predicted octanol–water partition coefficient (Wildman–Crippen LogP) is 2.97. The largest absolute Gasteiger partial charge is 0.502 e. The number of rotatable bonds is 11. The first-order chi connectivity index (χ1) is 13.3. The van der Waals surface area contributed by atoms with Crippen LogP contribution >= 0.6 is 0 Å². The number of phenolic OH excluding ortho intramolecular Hbond substituents is 1. The Kier molecular flexibility index (Phi) is 10.5. The van der Waals surface area contributed by atoms with Crippen LogP contribution in [0.15, 0.2) is 17.1 Å². The molecule has 0 atom stereocenters. The van der Waals surface area contributed by atoms with Crippen LogP contribution in [0.1, 0.15) is 46.6 Å². The van der Waals surface area contributed by atoms with Gasteiger partial charge in [-0.25, -0.2) is 4.99 Å². The van der Waals surface area contributed by atoms with E-state index in [1.165, 1.54) is 14.2 Å². The van der Waals surface area contributed by atoms with Crippen LogP contribution in [0.5, 0.6) is 17.2 Å². The van der Waals surface area contributed by atoms with Crippen LogP contribution < -0.4 is 20.1 Å². The number of aromatic hydroxyl groups is 1. The zero-order valence-electron chi connectivity index (χ0n) is 18.5. The van der Waals surface area contributed by atoms with E-state index in [1.807, 2.05) is 6.92 Å². The number of aliphatic imine (C=N–C) groups is 1. The van der Waals surface area contributed by atoms with Crippen molar-refractivity contribution in [1.29, 1.82) is 0 Å². The van der Waals surface area contributed by atoms with Gasteiger partial charge in [-0.15, -0.1) is 0 Å². The number of hydrogen-bond acceptors (Lipinski definition) is 5. The number of hydrogen-bond donors (Lipinski definition) is 3. The van der Waals surface area contributed by atoms with Crippen LogP contribution in [-0.2, 0) is 6.54 Å². The molecular weight excluding hydrogens is 356 g/mol. The summed E-state index contributed by atoms with van der Waals surface area (Å²) in [4.78, 5) is 7.13. The molecule has 7 nitrogen and oxygen atoms in total. The van der Waals surface area contributed by atoms with E-state index in [2.05, 4.69) is 48.2 Å². The van der Waals surface area contributed by atoms with Crippen LogP contribution in [0.25, 0.3) is 0 Å². The highest BCUT2D eigenvalue weighted by Crippen LogP contribution is 2.37. The fraction of sp³-hybridized carbons (Fsp3) is 0.667. The number of methoxy groups -OCH3 is 2. The molecular formula is C21H38N4O3. The topological polar surface area (TPSA) is 78.4 Å². The van der Waals surface area contributed by atoms with Crippen LogP contribution in [0, 0.1) is 0 Å². The van der Waals surface area contributed by atoms with Gasteiger partial charge in [-0.2, -0.15) is 0 Å². The van der Waals surface area contributed by atoms with Gasteiger partial charge in [-0.1, -0.05) is 0 Å². The van der Waals surface area contributed by atoms with Gasteiger partial charge < -0.3 is 25.2 Å². The molecule has 0 fully saturated rings. The molecule has 1 aromatic carbocycles. The first kappa shape index (κ1) is 23.9. The molecule has 28 heavy (non-hydrogen) atoms. The zero-order chi connectivity index (χ0) is 21.1. The molecule has 0 bridgehead atoms. The molecule has 0 aliphatic heterocycles. The summed E-state index contributed by atoms with van der Waals surface area (Å²) in [5.74, 6) is 1.53. The second-order valence-corrected chi connectivity index (χ2v) is 7.25. The molecule has 0 spiro atoms. The van der Waals surface area contributed by atoms with Gasteiger partial charge in [0, 0.05) is 31.7 Å². The summed E-state index contributed by atoms with van der Waals surface area (Å²) in [6.45, 7) is 14.1. The molecule has 0 radical (unpaired) electrons. The van der Waals surface area contributed by atoms with Crippen molar-refractivity contribution in [2.75, 3.05) is 33.9 Å². The predicted molar refractivity (Wildman–Crippen MR) is 116 cm³/mol. The fourth-order valence-corrected chi connectivity index (χ4v) is 3.13. The lowest BCUT2D eigenvalue weighted by molar-refractivity contribution is 0.173. The normalized spacial score (nSPS) is 12.0. The monoisotopic (exact) mass is 394 g/mol. The van der Waals surface area contributed by atoms with Crippen molar-refractivity contribution < 1.29 is 14.6 Å². The SMILES string of the molecule is CCNC(=NCc1cc(OC)c(O)c(OC)c1)NCCCN(C(C)C)C(C)C. The first-order valence-corrected chi connectivity index (χ1v) is 10.1. The Balaban J connectivity index is 2.69. The Morgan fingerprint density at radius 3 is 2.11 bits per heavy atom. The molecule has 1 aromatic rings. The van der Waals surface area contributed by atoms with E-state index in [0.717, 1.165) is 37.6 Å². The maximum Gasteiger partial charge on any atom is 0.200 e. The summed E-state index contributed by atoms with van der Waals surface area (Å²) in [6, 6.07) is 4.63. The molecule has 0 amide bonds. The highest BCUT2D eigenvalue weighted by Gasteiger charge is 2.13. The van der Waals surface area contributed by atoms with Gasteiger partial charge in [0.25, 0.3) is 0 Å². The number of nitrogens with zero attached hydrogens (tertiary/aromatic N) is 2. The number of benzene rings is 1. The summed E-state index contributed by atoms with van der Waals surface area (Å²) < 4.78 is 10.4. The van der Waals surface area contributed by atoms with E-state index < -0.39 is 0 Å². The van der Waals surface area contributed by atoms with E-state index in [9.17, 15) is 5.11 Å². The molecule has 3 N–H and O–H groups in total. The molecule has 160 valence electrons. The summed E-state index contributed by atoms with van der Waals surface area (Å²) in [5, 5.41) is 16.7. The summed E-state index contributed by atoms with van der Waals surface area (Å²) in [5.41, 5.74) is 0.898. The Morgan fingerprint density at radius 1 is 1.07 bits per heavy atom. The van der Waals surface area contributed by atoms with E-state index in [4.69, 9.17) is 9.47 Å². The van der Waals surface area contributed by atoms with E-state index in [1.54, 1.807) is 12.1 Å². The lowest BCUT2D eigenvalue weighted by Gasteiger charge is -2.30. The second-order valence-electron chi connectivity index (χ2n) is 7.25. The number of ether oxygens (including phenoxy) is 2. The maximum absolute atomic E-state index is 10.0. The lowest BCUT2D eigenvalue weighted by atomic mass is 10.2. The van der Waals surface area contributed by atoms with Crippen molar-refractivity contribution in [1.82, 2.24) is 15.5 Å². The standard InChI is InChI=1S/C21H38N4O3/c1-8-22-21(23-10-9-11-25(15(2)3)16(4)5)24-14-17-12-18(27-6)20(26)19(13-17)28-7/h12-13,15-16,26H,8-11,14H2,1-7H3,(H2,22,23,24). The Bertz CT molecular complexity index is 585. The van der Waals surface area contributed by atoms with Gasteiger partial charge in [0.2, 0.25) is 5.75 Å². The molecule has 0 saturated carbocycles. The summed E-state index contributed by atoms with van der Waals surface area (Å²) >= 11 is 0. The van der Waals surface area contributed by atoms with Gasteiger partial charge in [0.15, 0.2) is 17.5 Å². The smallest absolute Gasteiger partial charge is 0.200 e. The van der Waals surface area contributed by atoms with E-state index >= 15 is 0 Å². The number of nitrogens with one attached hydrogen (secondary N) is 2. The van der Waals surface area contributed by atoms with Crippen molar-refractivity contribution in [3.63, 3.8) is 0 Å². The Morgan fingerprint density at radius 2 is 1.64 bits per heavy atom. The average Bonchev–Trinajstić information content (AvgIpc) is 2.65. The van der Waals surface area contributed by atoms with Crippen LogP contribution in [0.3, 0.4) is 0 Å². The van der Waals surface area contributed by atoms with Gasteiger partial charge >= 0.3 is 0 Å². The molecule has 0 aliphatic carbocycles.